The normalized spacial score (nSPS) is 12.4. The van der Waals surface area contributed by atoms with Gasteiger partial charge in [0, 0.05) is 15.8 Å². The summed E-state index contributed by atoms with van der Waals surface area (Å²) in [5.74, 6) is 0.0261. The van der Waals surface area contributed by atoms with Gasteiger partial charge in [0.15, 0.2) is 5.78 Å². The van der Waals surface area contributed by atoms with Crippen LogP contribution in [0.2, 0.25) is 0 Å². The molecule has 0 spiro atoms. The standard InChI is InChI=1S/C14H15NOS/c1-10-7-12(9-17-10)14(16)13(15)8-11-5-3-2-4-6-11/h2-7,9,13H,8,15H2,1H3. The quantitative estimate of drug-likeness (QED) is 0.842. The molecule has 1 atom stereocenters. The van der Waals surface area contributed by atoms with E-state index in [2.05, 4.69) is 0 Å². The van der Waals surface area contributed by atoms with Gasteiger partial charge in [0.05, 0.1) is 6.04 Å². The Morgan fingerprint density at radius 3 is 2.65 bits per heavy atom. The van der Waals surface area contributed by atoms with Crippen molar-refractivity contribution in [2.45, 2.75) is 19.4 Å². The summed E-state index contributed by atoms with van der Waals surface area (Å²) in [4.78, 5) is 13.2. The van der Waals surface area contributed by atoms with E-state index in [1.54, 1.807) is 11.3 Å². The van der Waals surface area contributed by atoms with Crippen molar-refractivity contribution in [3.05, 3.63) is 57.8 Å². The zero-order valence-electron chi connectivity index (χ0n) is 9.72. The number of carbonyl (C=O) groups is 1. The molecule has 1 aromatic carbocycles. The molecule has 2 aromatic rings. The predicted octanol–water partition coefficient (Wildman–Crippen LogP) is 2.81. The third-order valence-corrected chi connectivity index (χ3v) is 3.51. The maximum atomic E-state index is 12.0. The number of thiophene rings is 1. The molecule has 0 radical (unpaired) electrons. The van der Waals surface area contributed by atoms with E-state index in [1.807, 2.05) is 48.7 Å². The topological polar surface area (TPSA) is 43.1 Å². The molecule has 1 aromatic heterocycles. The van der Waals surface area contributed by atoms with Crippen molar-refractivity contribution in [1.29, 1.82) is 0 Å². The van der Waals surface area contributed by atoms with Crippen LogP contribution >= 0.6 is 11.3 Å². The maximum Gasteiger partial charge on any atom is 0.180 e. The van der Waals surface area contributed by atoms with Crippen LogP contribution in [0.15, 0.2) is 41.8 Å². The first-order chi connectivity index (χ1) is 8.16. The molecule has 0 bridgehead atoms. The summed E-state index contributed by atoms with van der Waals surface area (Å²) in [5.41, 5.74) is 7.78. The number of hydrogen-bond acceptors (Lipinski definition) is 3. The molecule has 17 heavy (non-hydrogen) atoms. The fourth-order valence-corrected chi connectivity index (χ4v) is 2.44. The first-order valence-corrected chi connectivity index (χ1v) is 6.43. The summed E-state index contributed by atoms with van der Waals surface area (Å²) < 4.78 is 0. The third kappa shape index (κ3) is 3.02. The van der Waals surface area contributed by atoms with Crippen molar-refractivity contribution in [1.82, 2.24) is 0 Å². The van der Waals surface area contributed by atoms with E-state index in [0.717, 1.165) is 16.0 Å². The van der Waals surface area contributed by atoms with Gasteiger partial charge < -0.3 is 5.73 Å². The second-order valence-corrected chi connectivity index (χ2v) is 5.22. The Hall–Kier alpha value is -1.45. The molecule has 3 heteroatoms. The second kappa shape index (κ2) is 5.25. The minimum absolute atomic E-state index is 0.0261. The SMILES string of the molecule is Cc1cc(C(=O)C(N)Cc2ccccc2)cs1. The van der Waals surface area contributed by atoms with E-state index in [-0.39, 0.29) is 5.78 Å². The molecular formula is C14H15NOS. The molecule has 0 saturated heterocycles. The Bertz CT molecular complexity index is 504. The molecule has 1 unspecified atom stereocenters. The van der Waals surface area contributed by atoms with Crippen LogP contribution in [0.5, 0.6) is 0 Å². The van der Waals surface area contributed by atoms with E-state index in [0.29, 0.717) is 6.42 Å². The van der Waals surface area contributed by atoms with Crippen molar-refractivity contribution >= 4 is 17.1 Å². The van der Waals surface area contributed by atoms with E-state index in [4.69, 9.17) is 5.73 Å². The average Bonchev–Trinajstić information content (AvgIpc) is 2.76. The van der Waals surface area contributed by atoms with Crippen LogP contribution in [0, 0.1) is 6.92 Å². The summed E-state index contributed by atoms with van der Waals surface area (Å²) in [6.07, 6.45) is 0.592. The fourth-order valence-electron chi connectivity index (χ4n) is 1.75. The summed E-state index contributed by atoms with van der Waals surface area (Å²) in [5, 5.41) is 1.88. The number of Topliss-reactive ketones (excluding diaryl/α,β-unsaturated/α-hetero) is 1. The van der Waals surface area contributed by atoms with E-state index in [1.165, 1.54) is 0 Å². The van der Waals surface area contributed by atoms with Crippen LogP contribution in [0.3, 0.4) is 0 Å². The lowest BCUT2D eigenvalue weighted by atomic mass is 10.00. The smallest absolute Gasteiger partial charge is 0.180 e. The molecule has 2 rings (SSSR count). The zero-order valence-corrected chi connectivity index (χ0v) is 10.5. The molecule has 0 fully saturated rings. The number of hydrogen-bond donors (Lipinski definition) is 1. The van der Waals surface area contributed by atoms with Crippen molar-refractivity contribution in [2.75, 3.05) is 0 Å². The van der Waals surface area contributed by atoms with E-state index >= 15 is 0 Å². The largest absolute Gasteiger partial charge is 0.321 e. The zero-order chi connectivity index (χ0) is 12.3. The van der Waals surface area contributed by atoms with Gasteiger partial charge in [0.25, 0.3) is 0 Å². The number of nitrogens with two attached hydrogens (primary N) is 1. The average molecular weight is 245 g/mol. The van der Waals surface area contributed by atoms with Gasteiger partial charge in [-0.2, -0.15) is 0 Å². The lowest BCUT2D eigenvalue weighted by Crippen LogP contribution is -2.32. The number of ketones is 1. The minimum Gasteiger partial charge on any atom is -0.321 e. The number of carbonyl (C=O) groups excluding carboxylic acids is 1. The Balaban J connectivity index is 2.06. The fraction of sp³-hybridized carbons (Fsp3) is 0.214. The minimum atomic E-state index is -0.452. The van der Waals surface area contributed by atoms with Crippen LogP contribution in [-0.2, 0) is 6.42 Å². The van der Waals surface area contributed by atoms with Crippen molar-refractivity contribution < 1.29 is 4.79 Å². The highest BCUT2D eigenvalue weighted by atomic mass is 32.1. The first kappa shape index (κ1) is 12.0. The van der Waals surface area contributed by atoms with Crippen molar-refractivity contribution in [3.8, 4) is 0 Å². The molecule has 88 valence electrons. The second-order valence-electron chi connectivity index (χ2n) is 4.11. The molecule has 0 amide bonds. The Morgan fingerprint density at radius 2 is 2.06 bits per heavy atom. The van der Waals surface area contributed by atoms with Gasteiger partial charge in [-0.25, -0.2) is 0 Å². The van der Waals surface area contributed by atoms with Gasteiger partial charge in [0.2, 0.25) is 0 Å². The molecule has 0 aliphatic carbocycles. The maximum absolute atomic E-state index is 12.0. The first-order valence-electron chi connectivity index (χ1n) is 5.55. The lowest BCUT2D eigenvalue weighted by molar-refractivity contribution is 0.0961. The lowest BCUT2D eigenvalue weighted by Gasteiger charge is -2.09. The molecular weight excluding hydrogens is 230 g/mol. The Labute approximate surface area is 105 Å². The highest BCUT2D eigenvalue weighted by molar-refractivity contribution is 7.10. The highest BCUT2D eigenvalue weighted by Gasteiger charge is 2.16. The molecule has 0 aliphatic heterocycles. The van der Waals surface area contributed by atoms with Crippen molar-refractivity contribution in [3.63, 3.8) is 0 Å². The predicted molar refractivity (Wildman–Crippen MR) is 71.5 cm³/mol. The van der Waals surface area contributed by atoms with Gasteiger partial charge in [-0.1, -0.05) is 30.3 Å². The molecule has 2 nitrogen and oxygen atoms in total. The van der Waals surface area contributed by atoms with Crippen LogP contribution in [-0.4, -0.2) is 11.8 Å². The summed E-state index contributed by atoms with van der Waals surface area (Å²) >= 11 is 1.58. The van der Waals surface area contributed by atoms with Crippen LogP contribution < -0.4 is 5.73 Å². The van der Waals surface area contributed by atoms with Crippen molar-refractivity contribution in [2.24, 2.45) is 5.73 Å². The third-order valence-electron chi connectivity index (χ3n) is 2.65. The molecule has 1 heterocycles. The molecule has 0 saturated carbocycles. The molecule has 2 N–H and O–H groups in total. The van der Waals surface area contributed by atoms with Gasteiger partial charge in [-0.15, -0.1) is 11.3 Å². The summed E-state index contributed by atoms with van der Waals surface area (Å²) in [7, 11) is 0. The summed E-state index contributed by atoms with van der Waals surface area (Å²) in [6.45, 7) is 1.99. The van der Waals surface area contributed by atoms with Gasteiger partial charge in [-0.3, -0.25) is 4.79 Å². The van der Waals surface area contributed by atoms with Gasteiger partial charge in [-0.05, 0) is 25.0 Å². The highest BCUT2D eigenvalue weighted by Crippen LogP contribution is 2.15. The molecule has 0 aliphatic rings. The summed E-state index contributed by atoms with van der Waals surface area (Å²) in [6, 6.07) is 11.3. The van der Waals surface area contributed by atoms with Crippen LogP contribution in [0.25, 0.3) is 0 Å². The number of rotatable bonds is 4. The number of benzene rings is 1. The van der Waals surface area contributed by atoms with E-state index in [9.17, 15) is 4.79 Å². The van der Waals surface area contributed by atoms with Crippen LogP contribution in [0.1, 0.15) is 20.8 Å². The van der Waals surface area contributed by atoms with E-state index < -0.39 is 6.04 Å². The van der Waals surface area contributed by atoms with Gasteiger partial charge in [0.1, 0.15) is 0 Å². The Kier molecular flexibility index (Phi) is 3.71. The van der Waals surface area contributed by atoms with Gasteiger partial charge >= 0.3 is 0 Å². The number of aryl methyl sites for hydroxylation is 1. The monoisotopic (exact) mass is 245 g/mol. The Morgan fingerprint density at radius 1 is 1.35 bits per heavy atom. The van der Waals surface area contributed by atoms with Crippen LogP contribution in [0.4, 0.5) is 0 Å².